The molecule has 0 aromatic carbocycles. The quantitative estimate of drug-likeness (QED) is 0.673. The van der Waals surface area contributed by atoms with E-state index in [-0.39, 0.29) is 5.92 Å². The summed E-state index contributed by atoms with van der Waals surface area (Å²) in [6.07, 6.45) is 0.0491. The lowest BCUT2D eigenvalue weighted by molar-refractivity contribution is 0.164. The van der Waals surface area contributed by atoms with Gasteiger partial charge in [-0.25, -0.2) is 0 Å². The van der Waals surface area contributed by atoms with Crippen LogP contribution in [0, 0.1) is 11.8 Å². The normalized spacial score (nSPS) is 55.5. The van der Waals surface area contributed by atoms with Gasteiger partial charge in [0.25, 0.3) is 0 Å². The summed E-state index contributed by atoms with van der Waals surface area (Å²) in [6, 6.07) is 0. The van der Waals surface area contributed by atoms with E-state index in [1.54, 1.807) is 0 Å². The maximum absolute atomic E-state index is 9.11. The van der Waals surface area contributed by atoms with Gasteiger partial charge in [-0.15, -0.1) is 0 Å². The third-order valence-corrected chi connectivity index (χ3v) is 2.19. The lowest BCUT2D eigenvalue weighted by Gasteiger charge is -2.26. The average Bonchev–Trinajstić information content (AvgIpc) is 2.20. The molecule has 0 radical (unpaired) electrons. The summed E-state index contributed by atoms with van der Waals surface area (Å²) >= 11 is 0. The Bertz CT molecular complexity index is 221. The summed E-state index contributed by atoms with van der Waals surface area (Å²) in [5, 5.41) is 9.11. The zero-order chi connectivity index (χ0) is 11.7. The van der Waals surface area contributed by atoms with Crippen molar-refractivity contribution in [1.82, 2.24) is 0 Å². The van der Waals surface area contributed by atoms with Gasteiger partial charge >= 0.3 is 0 Å². The highest BCUT2D eigenvalue weighted by Gasteiger charge is 2.19. The smallest absolute Gasteiger partial charge is 0.0459 e. The Balaban J connectivity index is 2.83. The van der Waals surface area contributed by atoms with Crippen LogP contribution in [-0.4, -0.2) is 11.7 Å². The monoisotopic (exact) mass is 160 g/mol. The van der Waals surface area contributed by atoms with Crippen molar-refractivity contribution in [3.05, 3.63) is 0 Å². The van der Waals surface area contributed by atoms with Gasteiger partial charge in [0.15, 0.2) is 0 Å². The molecule has 0 heterocycles. The number of hydrogen-bond donors (Lipinski definition) is 1. The first-order valence-corrected chi connectivity index (χ1v) is 4.42. The Morgan fingerprint density at radius 2 is 2.45 bits per heavy atom. The van der Waals surface area contributed by atoms with Crippen molar-refractivity contribution in [2.45, 2.75) is 45.4 Å². The first-order chi connectivity index (χ1) is 6.89. The van der Waals surface area contributed by atoms with Crippen LogP contribution in [0.5, 0.6) is 0 Å². The van der Waals surface area contributed by atoms with Gasteiger partial charge in [-0.3, -0.25) is 0 Å². The Kier molecular flexibility index (Phi) is 2.10. The summed E-state index contributed by atoms with van der Waals surface area (Å²) in [4.78, 5) is 0. The van der Waals surface area contributed by atoms with Crippen LogP contribution in [0.1, 0.15) is 50.9 Å². The molecule has 1 unspecified atom stereocenters. The van der Waals surface area contributed by atoms with E-state index in [4.69, 9.17) is 10.6 Å². The fourth-order valence-corrected chi connectivity index (χ4v) is 1.47. The summed E-state index contributed by atoms with van der Waals surface area (Å²) in [5.74, 6) is -1.45. The minimum Gasteiger partial charge on any atom is -0.396 e. The van der Waals surface area contributed by atoms with Gasteiger partial charge in [0.05, 0.1) is 0 Å². The van der Waals surface area contributed by atoms with Crippen molar-refractivity contribution in [2.24, 2.45) is 11.8 Å². The fraction of sp³-hybridized carbons (Fsp3) is 1.00. The molecule has 1 saturated carbocycles. The van der Waals surface area contributed by atoms with E-state index in [1.165, 1.54) is 0 Å². The maximum Gasteiger partial charge on any atom is 0.0459 e. The van der Waals surface area contributed by atoms with E-state index in [2.05, 4.69) is 0 Å². The van der Waals surface area contributed by atoms with Crippen LogP contribution in [0.2, 0.25) is 0 Å². The van der Waals surface area contributed by atoms with Crippen molar-refractivity contribution in [3.8, 4) is 0 Å². The minimum atomic E-state index is -1.90. The van der Waals surface area contributed by atoms with Crippen LogP contribution in [0.4, 0.5) is 0 Å². The number of hydrogen-bond acceptors (Lipinski definition) is 1. The molecule has 0 saturated heterocycles. The van der Waals surface area contributed by atoms with E-state index < -0.39 is 25.3 Å². The summed E-state index contributed by atoms with van der Waals surface area (Å²) in [5.41, 5.74) is 0. The lowest BCUT2D eigenvalue weighted by Crippen LogP contribution is -2.16. The molecular weight excluding hydrogens is 136 g/mol. The average molecular weight is 160 g/mol. The molecule has 1 nitrogen and oxygen atoms in total. The SMILES string of the molecule is [2H]C1[C@@H](CCC)CC[C@]([2H])(CO)C1([2H])[2H]. The summed E-state index contributed by atoms with van der Waals surface area (Å²) < 4.78 is 31.4. The molecule has 0 aromatic heterocycles. The second-order valence-corrected chi connectivity index (χ2v) is 3.16. The molecular formula is C10H20O. The predicted molar refractivity (Wildman–Crippen MR) is 47.4 cm³/mol. The molecule has 0 amide bonds. The van der Waals surface area contributed by atoms with Crippen LogP contribution in [0.15, 0.2) is 0 Å². The van der Waals surface area contributed by atoms with Crippen LogP contribution in [0.3, 0.4) is 0 Å². The second kappa shape index (κ2) is 4.76. The van der Waals surface area contributed by atoms with E-state index in [9.17, 15) is 0 Å². The van der Waals surface area contributed by atoms with Crippen molar-refractivity contribution in [1.29, 1.82) is 0 Å². The highest BCUT2D eigenvalue weighted by atomic mass is 16.3. The molecule has 0 aliphatic heterocycles. The highest BCUT2D eigenvalue weighted by Crippen LogP contribution is 2.30. The molecule has 1 rings (SSSR count). The number of aliphatic hydroxyl groups excluding tert-OH is 1. The van der Waals surface area contributed by atoms with E-state index in [0.717, 1.165) is 12.8 Å². The van der Waals surface area contributed by atoms with E-state index >= 15 is 0 Å². The fourth-order valence-electron chi connectivity index (χ4n) is 1.47. The van der Waals surface area contributed by atoms with Crippen molar-refractivity contribution in [3.63, 3.8) is 0 Å². The molecule has 1 N–H and O–H groups in total. The largest absolute Gasteiger partial charge is 0.396 e. The third-order valence-electron chi connectivity index (χ3n) is 2.19. The molecule has 3 atom stereocenters. The van der Waals surface area contributed by atoms with Gasteiger partial charge in [0, 0.05) is 12.1 Å². The van der Waals surface area contributed by atoms with Crippen LogP contribution in [-0.2, 0) is 0 Å². The molecule has 0 bridgehead atoms. The molecule has 1 heteroatoms. The van der Waals surface area contributed by atoms with Gasteiger partial charge in [0.2, 0.25) is 0 Å². The molecule has 1 aliphatic carbocycles. The molecule has 0 spiro atoms. The van der Waals surface area contributed by atoms with Gasteiger partial charge in [-0.1, -0.05) is 32.6 Å². The standard InChI is InChI=1S/C10H20O/c1-2-3-9-4-6-10(8-11)7-5-9/h9-11H,2-8H2,1H3/t9-,10-/i4D,6D2,10D/t4?,9-,10-/m1/s1. The molecule has 66 valence electrons. The topological polar surface area (TPSA) is 20.2 Å². The first kappa shape index (κ1) is 4.86. The summed E-state index contributed by atoms with van der Waals surface area (Å²) in [6.45, 7) is 1.53. The number of rotatable bonds is 3. The Morgan fingerprint density at radius 3 is 3.09 bits per heavy atom. The minimum absolute atomic E-state index is 0.0371. The van der Waals surface area contributed by atoms with Gasteiger partial charge in [0.1, 0.15) is 0 Å². The van der Waals surface area contributed by atoms with Gasteiger partial charge < -0.3 is 5.11 Å². The maximum atomic E-state index is 9.11. The number of aliphatic hydroxyl groups is 1. The van der Waals surface area contributed by atoms with Crippen LogP contribution in [0.25, 0.3) is 0 Å². The zero-order valence-electron chi connectivity index (χ0n) is 11.1. The van der Waals surface area contributed by atoms with Crippen LogP contribution >= 0.6 is 0 Å². The predicted octanol–water partition coefficient (Wildman–Crippen LogP) is 2.59. The molecule has 1 fully saturated rings. The molecule has 1 aliphatic rings. The third kappa shape index (κ3) is 2.82. The van der Waals surface area contributed by atoms with E-state index in [0.29, 0.717) is 12.8 Å². The van der Waals surface area contributed by atoms with Gasteiger partial charge in [-0.2, -0.15) is 0 Å². The van der Waals surface area contributed by atoms with Crippen LogP contribution < -0.4 is 0 Å². The lowest BCUT2D eigenvalue weighted by atomic mass is 9.80. The van der Waals surface area contributed by atoms with E-state index in [1.807, 2.05) is 6.92 Å². The Hall–Kier alpha value is -0.0400. The highest BCUT2D eigenvalue weighted by molar-refractivity contribution is 4.71. The molecule has 0 aromatic rings. The first-order valence-electron chi connectivity index (χ1n) is 6.50. The second-order valence-electron chi connectivity index (χ2n) is 3.16. The van der Waals surface area contributed by atoms with Crippen molar-refractivity contribution in [2.75, 3.05) is 6.61 Å². The summed E-state index contributed by atoms with van der Waals surface area (Å²) in [7, 11) is 0. The van der Waals surface area contributed by atoms with Crippen molar-refractivity contribution >= 4 is 0 Å². The molecule has 11 heavy (non-hydrogen) atoms. The van der Waals surface area contributed by atoms with Crippen molar-refractivity contribution < 1.29 is 10.6 Å². The Labute approximate surface area is 75.4 Å². The van der Waals surface area contributed by atoms with Gasteiger partial charge in [-0.05, 0) is 24.6 Å². The Morgan fingerprint density at radius 1 is 1.64 bits per heavy atom. The zero-order valence-corrected chi connectivity index (χ0v) is 7.14.